The van der Waals surface area contributed by atoms with Gasteiger partial charge in [0.05, 0.1) is 0 Å². The van der Waals surface area contributed by atoms with E-state index in [1.54, 1.807) is 0 Å². The van der Waals surface area contributed by atoms with Crippen molar-refractivity contribution in [2.75, 3.05) is 6.54 Å². The van der Waals surface area contributed by atoms with Crippen molar-refractivity contribution in [1.29, 1.82) is 0 Å². The van der Waals surface area contributed by atoms with Crippen molar-refractivity contribution in [2.24, 2.45) is 11.1 Å². The van der Waals surface area contributed by atoms with E-state index in [0.29, 0.717) is 11.3 Å². The van der Waals surface area contributed by atoms with Crippen LogP contribution in [-0.4, -0.2) is 6.54 Å². The molecule has 1 nitrogen and oxygen atoms in total. The van der Waals surface area contributed by atoms with E-state index < -0.39 is 0 Å². The summed E-state index contributed by atoms with van der Waals surface area (Å²) in [4.78, 5) is 0. The summed E-state index contributed by atoms with van der Waals surface area (Å²) in [6, 6.07) is 9.17. The normalized spacial score (nSPS) is 13.6. The van der Waals surface area contributed by atoms with Crippen molar-refractivity contribution in [1.82, 2.24) is 0 Å². The first kappa shape index (κ1) is 15.2. The zero-order valence-corrected chi connectivity index (χ0v) is 12.5. The zero-order valence-electron chi connectivity index (χ0n) is 12.5. The molecule has 1 aromatic carbocycles. The van der Waals surface area contributed by atoms with Crippen LogP contribution in [0.15, 0.2) is 24.3 Å². The lowest BCUT2D eigenvalue weighted by Gasteiger charge is -2.23. The van der Waals surface area contributed by atoms with E-state index in [0.717, 1.165) is 19.4 Å². The van der Waals surface area contributed by atoms with Gasteiger partial charge in [-0.15, -0.1) is 0 Å². The molecule has 2 N–H and O–H groups in total. The van der Waals surface area contributed by atoms with Crippen molar-refractivity contribution in [3.05, 3.63) is 35.4 Å². The maximum atomic E-state index is 5.65. The number of nitrogens with two attached hydrogens (primary N) is 1. The molecule has 1 rings (SSSR count). The topological polar surface area (TPSA) is 26.0 Å². The van der Waals surface area contributed by atoms with E-state index in [1.165, 1.54) is 24.0 Å². The van der Waals surface area contributed by atoms with Gasteiger partial charge in [-0.3, -0.25) is 0 Å². The molecule has 0 radical (unpaired) electrons. The summed E-state index contributed by atoms with van der Waals surface area (Å²) in [6.45, 7) is 9.95. The van der Waals surface area contributed by atoms with Gasteiger partial charge in [-0.05, 0) is 54.7 Å². The second kappa shape index (κ2) is 6.94. The highest BCUT2D eigenvalue weighted by Gasteiger charge is 2.16. The lowest BCUT2D eigenvalue weighted by Crippen LogP contribution is -2.17. The molecule has 0 amide bonds. The fraction of sp³-hybridized carbons (Fsp3) is 0.647. The van der Waals surface area contributed by atoms with Crippen LogP contribution in [-0.2, 0) is 6.42 Å². The lowest BCUT2D eigenvalue weighted by atomic mass is 9.83. The molecular formula is C17H29N. The maximum absolute atomic E-state index is 5.65. The van der Waals surface area contributed by atoms with Crippen LogP contribution in [0.4, 0.5) is 0 Å². The lowest BCUT2D eigenvalue weighted by molar-refractivity contribution is 0.313. The minimum absolute atomic E-state index is 0.365. The average molecular weight is 247 g/mol. The van der Waals surface area contributed by atoms with Crippen LogP contribution in [0.5, 0.6) is 0 Å². The number of rotatable bonds is 7. The molecule has 0 bridgehead atoms. The molecule has 0 aliphatic heterocycles. The Morgan fingerprint density at radius 3 is 2.22 bits per heavy atom. The van der Waals surface area contributed by atoms with Gasteiger partial charge in [0.15, 0.2) is 0 Å². The fourth-order valence-electron chi connectivity index (χ4n) is 2.25. The summed E-state index contributed by atoms with van der Waals surface area (Å²) in [6.07, 6.45) is 4.70. The number of hydrogen-bond donors (Lipinski definition) is 1. The molecule has 0 fully saturated rings. The van der Waals surface area contributed by atoms with Gasteiger partial charge >= 0.3 is 0 Å². The van der Waals surface area contributed by atoms with E-state index in [9.17, 15) is 0 Å². The van der Waals surface area contributed by atoms with Gasteiger partial charge in [0.25, 0.3) is 0 Å². The van der Waals surface area contributed by atoms with Crippen molar-refractivity contribution < 1.29 is 0 Å². The van der Waals surface area contributed by atoms with Crippen molar-refractivity contribution in [2.45, 2.75) is 59.3 Å². The number of benzene rings is 1. The first-order valence-electron chi connectivity index (χ1n) is 7.27. The summed E-state index contributed by atoms with van der Waals surface area (Å²) < 4.78 is 0. The van der Waals surface area contributed by atoms with E-state index in [2.05, 4.69) is 52.0 Å². The van der Waals surface area contributed by atoms with Crippen molar-refractivity contribution in [3.63, 3.8) is 0 Å². The number of hydrogen-bond acceptors (Lipinski definition) is 1. The van der Waals surface area contributed by atoms with E-state index in [4.69, 9.17) is 5.73 Å². The standard InChI is InChI=1S/C17H29N/c1-5-14(2)16-8-6-15(7-9-16)10-11-17(3,4)12-13-18/h6-9,14H,5,10-13,18H2,1-4H3. The minimum Gasteiger partial charge on any atom is -0.330 e. The Labute approximate surface area is 113 Å². The number of aryl methyl sites for hydroxylation is 1. The van der Waals surface area contributed by atoms with Gasteiger partial charge in [0.2, 0.25) is 0 Å². The minimum atomic E-state index is 0.365. The summed E-state index contributed by atoms with van der Waals surface area (Å²) in [5.74, 6) is 0.674. The first-order chi connectivity index (χ1) is 8.48. The average Bonchev–Trinajstić information content (AvgIpc) is 2.36. The Bertz CT molecular complexity index is 337. The van der Waals surface area contributed by atoms with Crippen LogP contribution in [0.3, 0.4) is 0 Å². The fourth-order valence-corrected chi connectivity index (χ4v) is 2.25. The summed E-state index contributed by atoms with van der Waals surface area (Å²) in [7, 11) is 0. The molecule has 1 aromatic rings. The van der Waals surface area contributed by atoms with E-state index >= 15 is 0 Å². The van der Waals surface area contributed by atoms with Crippen LogP contribution in [0.25, 0.3) is 0 Å². The third kappa shape index (κ3) is 4.81. The highest BCUT2D eigenvalue weighted by atomic mass is 14.5. The second-order valence-electron chi connectivity index (χ2n) is 6.25. The van der Waals surface area contributed by atoms with Gasteiger partial charge in [0.1, 0.15) is 0 Å². The van der Waals surface area contributed by atoms with Gasteiger partial charge in [-0.25, -0.2) is 0 Å². The van der Waals surface area contributed by atoms with E-state index in [-0.39, 0.29) is 0 Å². The molecule has 102 valence electrons. The van der Waals surface area contributed by atoms with Crippen LogP contribution in [0.1, 0.15) is 64.0 Å². The molecule has 0 aliphatic rings. The Hall–Kier alpha value is -0.820. The summed E-state index contributed by atoms with van der Waals surface area (Å²) in [5, 5.41) is 0. The molecule has 0 aliphatic carbocycles. The predicted octanol–water partition coefficient (Wildman–Crippen LogP) is 4.51. The molecule has 18 heavy (non-hydrogen) atoms. The van der Waals surface area contributed by atoms with Gasteiger partial charge < -0.3 is 5.73 Å². The molecule has 0 heterocycles. The van der Waals surface area contributed by atoms with Crippen LogP contribution in [0.2, 0.25) is 0 Å². The molecule has 1 heteroatoms. The molecule has 1 unspecified atom stereocenters. The highest BCUT2D eigenvalue weighted by Crippen LogP contribution is 2.27. The van der Waals surface area contributed by atoms with E-state index in [1.807, 2.05) is 0 Å². The largest absolute Gasteiger partial charge is 0.330 e. The molecular weight excluding hydrogens is 218 g/mol. The smallest absolute Gasteiger partial charge is 0.00722 e. The van der Waals surface area contributed by atoms with Crippen LogP contribution >= 0.6 is 0 Å². The van der Waals surface area contributed by atoms with Crippen molar-refractivity contribution >= 4 is 0 Å². The maximum Gasteiger partial charge on any atom is -0.00722 e. The zero-order chi connectivity index (χ0) is 13.6. The molecule has 0 spiro atoms. The van der Waals surface area contributed by atoms with Crippen LogP contribution < -0.4 is 5.73 Å². The molecule has 0 aromatic heterocycles. The molecule has 0 saturated heterocycles. The van der Waals surface area contributed by atoms with Crippen molar-refractivity contribution in [3.8, 4) is 0 Å². The van der Waals surface area contributed by atoms with Gasteiger partial charge in [0, 0.05) is 0 Å². The monoisotopic (exact) mass is 247 g/mol. The predicted molar refractivity (Wildman–Crippen MR) is 80.9 cm³/mol. The summed E-state index contributed by atoms with van der Waals surface area (Å²) in [5.41, 5.74) is 8.93. The Morgan fingerprint density at radius 2 is 1.72 bits per heavy atom. The second-order valence-corrected chi connectivity index (χ2v) is 6.25. The Morgan fingerprint density at radius 1 is 1.11 bits per heavy atom. The third-order valence-corrected chi connectivity index (χ3v) is 4.07. The Balaban J connectivity index is 2.54. The van der Waals surface area contributed by atoms with Gasteiger partial charge in [-0.1, -0.05) is 52.0 Å². The molecule has 1 atom stereocenters. The quantitative estimate of drug-likeness (QED) is 0.754. The third-order valence-electron chi connectivity index (χ3n) is 4.07. The van der Waals surface area contributed by atoms with Gasteiger partial charge in [-0.2, -0.15) is 0 Å². The highest BCUT2D eigenvalue weighted by molar-refractivity contribution is 5.25. The Kier molecular flexibility index (Phi) is 5.87. The van der Waals surface area contributed by atoms with Crippen LogP contribution in [0, 0.1) is 5.41 Å². The first-order valence-corrected chi connectivity index (χ1v) is 7.27. The SMILES string of the molecule is CCC(C)c1ccc(CCC(C)(C)CCN)cc1. The molecule has 0 saturated carbocycles. The summed E-state index contributed by atoms with van der Waals surface area (Å²) >= 11 is 0.